The van der Waals surface area contributed by atoms with Crippen LogP contribution in [0, 0.1) is 16.7 Å². The zero-order valence-electron chi connectivity index (χ0n) is 30.0. The molecule has 9 atom stereocenters. The molecule has 2 saturated carbocycles. The van der Waals surface area contributed by atoms with Crippen molar-refractivity contribution in [3.63, 3.8) is 0 Å². The Hall–Kier alpha value is -4.59. The summed E-state index contributed by atoms with van der Waals surface area (Å²) >= 11 is 0. The van der Waals surface area contributed by atoms with Gasteiger partial charge < -0.3 is 38.6 Å². The third-order valence-corrected chi connectivity index (χ3v) is 11.6. The zero-order chi connectivity index (χ0) is 37.8. The SMILES string of the molecule is CC(=O)O[C@H]1C[C@@]2(O)[C@@H](OC(=O)c3ccccc3)[C@@H]3[C@]4(OC(C)=O)CO[C@@H]4C[C@H](O)[C@@]3(C)C(=O)[C@H](OC(=O)OCc3ccccc3)C(=C1C)C2(C)C. The molecule has 278 valence electrons. The first-order valence-corrected chi connectivity index (χ1v) is 17.2. The van der Waals surface area contributed by atoms with E-state index in [1.807, 2.05) is 0 Å². The van der Waals surface area contributed by atoms with Gasteiger partial charge in [0, 0.05) is 32.1 Å². The molecule has 3 aliphatic carbocycles. The summed E-state index contributed by atoms with van der Waals surface area (Å²) in [6, 6.07) is 16.8. The normalized spacial score (nSPS) is 34.6. The summed E-state index contributed by atoms with van der Waals surface area (Å²) in [5.74, 6) is -4.61. The molecule has 13 heteroatoms. The standard InChI is InChI=1S/C39H44O13/c1-21-26(49-22(2)40)18-39(46)33(51-34(44)25-15-11-8-12-16-25)31-37(6,27(42)17-28-38(31,20-48-28)52-23(3)41)32(43)30(29(21)36(39,4)5)50-35(45)47-19-24-13-9-7-10-14-24/h7-16,26-28,30-31,33,42,46H,17-20H2,1-6H3/t26-,27-,28+,30+,31-,33-,37+,38-,39+/m0/s1. The Morgan fingerprint density at radius 1 is 0.904 bits per heavy atom. The Bertz CT molecular complexity index is 1790. The van der Waals surface area contributed by atoms with Gasteiger partial charge >= 0.3 is 24.1 Å². The molecule has 4 aliphatic rings. The van der Waals surface area contributed by atoms with Crippen molar-refractivity contribution in [3.05, 3.63) is 82.9 Å². The summed E-state index contributed by atoms with van der Waals surface area (Å²) in [4.78, 5) is 68.3. The van der Waals surface area contributed by atoms with Crippen molar-refractivity contribution in [2.45, 2.75) is 103 Å². The summed E-state index contributed by atoms with van der Waals surface area (Å²) < 4.78 is 35.3. The second-order valence-electron chi connectivity index (χ2n) is 14.9. The maximum absolute atomic E-state index is 15.4. The van der Waals surface area contributed by atoms with Gasteiger partial charge in [-0.05, 0) is 42.7 Å². The molecule has 0 amide bonds. The molecule has 0 unspecified atom stereocenters. The molecule has 2 bridgehead atoms. The average molecular weight is 721 g/mol. The summed E-state index contributed by atoms with van der Waals surface area (Å²) in [6.07, 6.45) is -8.90. The van der Waals surface area contributed by atoms with Crippen LogP contribution >= 0.6 is 0 Å². The lowest BCUT2D eigenvalue weighted by atomic mass is 9.44. The van der Waals surface area contributed by atoms with Gasteiger partial charge in [0.2, 0.25) is 0 Å². The first-order chi connectivity index (χ1) is 24.5. The van der Waals surface area contributed by atoms with Gasteiger partial charge in [-0.1, -0.05) is 62.4 Å². The minimum atomic E-state index is -2.22. The van der Waals surface area contributed by atoms with E-state index in [0.717, 1.165) is 0 Å². The molecule has 6 rings (SSSR count). The Labute approximate surface area is 301 Å². The number of aliphatic hydroxyl groups is 2. The van der Waals surface area contributed by atoms with E-state index in [0.29, 0.717) is 11.1 Å². The van der Waals surface area contributed by atoms with Gasteiger partial charge in [0.25, 0.3) is 0 Å². The Balaban J connectivity index is 1.58. The van der Waals surface area contributed by atoms with Gasteiger partial charge in [-0.25, -0.2) is 9.59 Å². The third kappa shape index (κ3) is 5.88. The number of hydrogen-bond acceptors (Lipinski definition) is 13. The number of ether oxygens (including phenoxy) is 6. The molecule has 52 heavy (non-hydrogen) atoms. The first-order valence-electron chi connectivity index (χ1n) is 17.2. The van der Waals surface area contributed by atoms with Gasteiger partial charge in [-0.3, -0.25) is 14.4 Å². The van der Waals surface area contributed by atoms with Crippen LogP contribution in [0.25, 0.3) is 0 Å². The van der Waals surface area contributed by atoms with Crippen LogP contribution in [0.4, 0.5) is 4.79 Å². The fraction of sp³-hybridized carbons (Fsp3) is 0.513. The van der Waals surface area contributed by atoms with Crippen LogP contribution in [0.15, 0.2) is 71.8 Å². The highest BCUT2D eigenvalue weighted by molar-refractivity contribution is 5.95. The minimum absolute atomic E-state index is 0.0790. The molecule has 0 radical (unpaired) electrons. The predicted octanol–water partition coefficient (Wildman–Crippen LogP) is 4.01. The molecule has 1 aliphatic heterocycles. The Morgan fingerprint density at radius 3 is 2.12 bits per heavy atom. The monoisotopic (exact) mass is 720 g/mol. The smallest absolute Gasteiger partial charge is 0.458 e. The van der Waals surface area contributed by atoms with Crippen molar-refractivity contribution in [2.24, 2.45) is 16.7 Å². The van der Waals surface area contributed by atoms with Gasteiger partial charge in [0.1, 0.15) is 30.5 Å². The second kappa shape index (κ2) is 13.4. The molecule has 13 nitrogen and oxygen atoms in total. The number of aliphatic hydroxyl groups excluding tert-OH is 1. The molecule has 0 spiro atoms. The molecular weight excluding hydrogens is 676 g/mol. The quantitative estimate of drug-likeness (QED) is 0.238. The second-order valence-corrected chi connectivity index (χ2v) is 14.9. The largest absolute Gasteiger partial charge is 0.509 e. The zero-order valence-corrected chi connectivity index (χ0v) is 30.0. The number of esters is 3. The van der Waals surface area contributed by atoms with Crippen LogP contribution in [0.5, 0.6) is 0 Å². The van der Waals surface area contributed by atoms with Crippen LogP contribution in [0.1, 0.15) is 70.3 Å². The van der Waals surface area contributed by atoms with Crippen molar-refractivity contribution in [2.75, 3.05) is 6.61 Å². The number of Topliss-reactive ketones (excluding diaryl/α,β-unsaturated/α-hetero) is 1. The molecule has 2 aromatic carbocycles. The summed E-state index contributed by atoms with van der Waals surface area (Å²) in [5, 5.41) is 25.3. The van der Waals surface area contributed by atoms with Crippen LogP contribution in [0.3, 0.4) is 0 Å². The summed E-state index contributed by atoms with van der Waals surface area (Å²) in [5.41, 5.74) is -6.32. The highest BCUT2D eigenvalue weighted by Crippen LogP contribution is 2.64. The topological polar surface area (TPSA) is 181 Å². The van der Waals surface area contributed by atoms with Crippen LogP contribution in [0.2, 0.25) is 0 Å². The van der Waals surface area contributed by atoms with Gasteiger partial charge in [-0.15, -0.1) is 0 Å². The highest BCUT2D eigenvalue weighted by atomic mass is 16.7. The number of hydrogen-bond donors (Lipinski definition) is 2. The van der Waals surface area contributed by atoms with E-state index in [2.05, 4.69) is 0 Å². The van der Waals surface area contributed by atoms with E-state index in [9.17, 15) is 29.4 Å². The molecule has 1 saturated heterocycles. The molecular formula is C39H44O13. The van der Waals surface area contributed by atoms with Gasteiger partial charge in [0.05, 0.1) is 29.6 Å². The minimum Gasteiger partial charge on any atom is -0.458 e. The first kappa shape index (κ1) is 37.2. The maximum atomic E-state index is 15.4. The fourth-order valence-corrected chi connectivity index (χ4v) is 8.90. The number of fused-ring (bicyclic) bond motifs is 5. The van der Waals surface area contributed by atoms with E-state index in [1.54, 1.807) is 69.3 Å². The van der Waals surface area contributed by atoms with Crippen LogP contribution < -0.4 is 0 Å². The van der Waals surface area contributed by atoms with Crippen molar-refractivity contribution in [1.82, 2.24) is 0 Å². The molecule has 0 aromatic heterocycles. The van der Waals surface area contributed by atoms with Crippen molar-refractivity contribution in [1.29, 1.82) is 0 Å². The van der Waals surface area contributed by atoms with Gasteiger partial charge in [0.15, 0.2) is 17.5 Å². The van der Waals surface area contributed by atoms with Crippen LogP contribution in [-0.2, 0) is 49.4 Å². The van der Waals surface area contributed by atoms with E-state index < -0.39 is 88.3 Å². The predicted molar refractivity (Wildman–Crippen MR) is 180 cm³/mol. The van der Waals surface area contributed by atoms with E-state index in [1.165, 1.54) is 32.9 Å². The number of benzene rings is 2. The van der Waals surface area contributed by atoms with Gasteiger partial charge in [-0.2, -0.15) is 0 Å². The Kier molecular flexibility index (Phi) is 9.60. The molecule has 2 N–H and O–H groups in total. The number of carbonyl (C=O) groups excluding carboxylic acids is 5. The molecule has 2 aromatic rings. The number of ketones is 1. The summed E-state index contributed by atoms with van der Waals surface area (Å²) in [6.45, 7) is 8.16. The van der Waals surface area contributed by atoms with Crippen LogP contribution in [-0.4, -0.2) is 88.4 Å². The lowest BCUT2D eigenvalue weighted by molar-refractivity contribution is -0.346. The molecule has 3 fully saturated rings. The molecule has 1 heterocycles. The Morgan fingerprint density at radius 2 is 1.54 bits per heavy atom. The lowest BCUT2D eigenvalue weighted by Crippen LogP contribution is -2.82. The summed E-state index contributed by atoms with van der Waals surface area (Å²) in [7, 11) is 0. The van der Waals surface area contributed by atoms with Crippen molar-refractivity contribution >= 4 is 29.8 Å². The number of rotatable bonds is 7. The van der Waals surface area contributed by atoms with Crippen molar-refractivity contribution < 1.29 is 62.6 Å². The highest BCUT2D eigenvalue weighted by Gasteiger charge is 2.78. The number of carbonyl (C=O) groups is 5. The van der Waals surface area contributed by atoms with E-state index in [4.69, 9.17) is 28.4 Å². The van der Waals surface area contributed by atoms with Crippen molar-refractivity contribution in [3.8, 4) is 0 Å². The van der Waals surface area contributed by atoms with E-state index >= 15 is 4.79 Å². The van der Waals surface area contributed by atoms with E-state index in [-0.39, 0.29) is 37.2 Å². The fourth-order valence-electron chi connectivity index (χ4n) is 8.90. The third-order valence-electron chi connectivity index (χ3n) is 11.6. The maximum Gasteiger partial charge on any atom is 0.509 e. The average Bonchev–Trinajstić information content (AvgIpc) is 3.09. The lowest BCUT2D eigenvalue weighted by Gasteiger charge is -2.67.